The van der Waals surface area contributed by atoms with Gasteiger partial charge in [-0.25, -0.2) is 17.8 Å². The number of hydrogen-bond acceptors (Lipinski definition) is 3. The SMILES string of the molecule is CC(C)c1cccc(NC(N)=NCc2cc(F)ccc2CS(C)(=O)=O)c1. The molecule has 0 heterocycles. The lowest BCUT2D eigenvalue weighted by molar-refractivity contribution is 0.600. The molecule has 2 aromatic rings. The van der Waals surface area contributed by atoms with E-state index in [9.17, 15) is 12.8 Å². The summed E-state index contributed by atoms with van der Waals surface area (Å²) in [6.45, 7) is 4.29. The van der Waals surface area contributed by atoms with Gasteiger partial charge in [-0.3, -0.25) is 0 Å². The average molecular weight is 377 g/mol. The number of benzene rings is 2. The molecule has 0 fully saturated rings. The maximum Gasteiger partial charge on any atom is 0.193 e. The number of aliphatic imine (C=N–C) groups is 1. The van der Waals surface area contributed by atoms with Crippen molar-refractivity contribution in [2.24, 2.45) is 10.7 Å². The number of nitrogens with zero attached hydrogens (tertiary/aromatic N) is 1. The summed E-state index contributed by atoms with van der Waals surface area (Å²) in [5, 5.41) is 3.01. The summed E-state index contributed by atoms with van der Waals surface area (Å²) in [5.41, 5.74) is 8.92. The molecule has 26 heavy (non-hydrogen) atoms. The van der Waals surface area contributed by atoms with Crippen molar-refractivity contribution in [2.45, 2.75) is 32.1 Å². The van der Waals surface area contributed by atoms with Crippen LogP contribution in [0.25, 0.3) is 0 Å². The Labute approximate surface area is 154 Å². The van der Waals surface area contributed by atoms with Crippen LogP contribution in [-0.2, 0) is 22.1 Å². The number of hydrogen-bond donors (Lipinski definition) is 2. The van der Waals surface area contributed by atoms with Gasteiger partial charge in [-0.15, -0.1) is 0 Å². The van der Waals surface area contributed by atoms with Gasteiger partial charge in [0.2, 0.25) is 0 Å². The summed E-state index contributed by atoms with van der Waals surface area (Å²) in [6, 6.07) is 11.8. The molecule has 0 spiro atoms. The smallest absolute Gasteiger partial charge is 0.193 e. The molecule has 0 aliphatic carbocycles. The number of nitrogens with two attached hydrogens (primary N) is 1. The van der Waals surface area contributed by atoms with Crippen molar-refractivity contribution in [1.82, 2.24) is 0 Å². The normalized spacial score (nSPS) is 12.4. The number of rotatable bonds is 6. The Morgan fingerprint density at radius 2 is 1.92 bits per heavy atom. The highest BCUT2D eigenvalue weighted by molar-refractivity contribution is 7.89. The van der Waals surface area contributed by atoms with Gasteiger partial charge in [0.1, 0.15) is 5.82 Å². The largest absolute Gasteiger partial charge is 0.370 e. The molecule has 7 heteroatoms. The standard InChI is InChI=1S/C19H24FN3O2S/c1-13(2)14-5-4-6-18(10-14)23-19(21)22-11-16-9-17(20)8-7-15(16)12-26(3,24)25/h4-10,13H,11-12H2,1-3H3,(H3,21,22,23). The van der Waals surface area contributed by atoms with E-state index in [0.29, 0.717) is 17.0 Å². The zero-order valence-corrected chi connectivity index (χ0v) is 16.0. The average Bonchev–Trinajstić information content (AvgIpc) is 2.54. The molecule has 0 aromatic heterocycles. The maximum atomic E-state index is 13.5. The molecule has 0 bridgehead atoms. The first kappa shape index (κ1) is 19.9. The molecule has 0 amide bonds. The van der Waals surface area contributed by atoms with Crippen LogP contribution in [0.4, 0.5) is 10.1 Å². The van der Waals surface area contributed by atoms with Gasteiger partial charge >= 0.3 is 0 Å². The van der Waals surface area contributed by atoms with E-state index in [0.717, 1.165) is 11.9 Å². The predicted octanol–water partition coefficient (Wildman–Crippen LogP) is 3.42. The first-order chi connectivity index (χ1) is 12.1. The van der Waals surface area contributed by atoms with Gasteiger partial charge in [-0.2, -0.15) is 0 Å². The van der Waals surface area contributed by atoms with Crippen LogP contribution in [0, 0.1) is 5.82 Å². The molecule has 0 radical (unpaired) electrons. The van der Waals surface area contributed by atoms with Gasteiger partial charge < -0.3 is 11.1 Å². The topological polar surface area (TPSA) is 84.5 Å². The number of guanidine groups is 1. The Morgan fingerprint density at radius 1 is 1.19 bits per heavy atom. The second-order valence-corrected chi connectivity index (χ2v) is 8.73. The van der Waals surface area contributed by atoms with Gasteiger partial charge in [0.15, 0.2) is 15.8 Å². The molecule has 2 aromatic carbocycles. The Balaban J connectivity index is 2.16. The van der Waals surface area contributed by atoms with E-state index in [-0.39, 0.29) is 18.3 Å². The van der Waals surface area contributed by atoms with E-state index in [1.54, 1.807) is 0 Å². The van der Waals surface area contributed by atoms with E-state index < -0.39 is 15.7 Å². The third-order valence-corrected chi connectivity index (χ3v) is 4.67. The highest BCUT2D eigenvalue weighted by atomic mass is 32.2. The van der Waals surface area contributed by atoms with Gasteiger partial charge in [0.05, 0.1) is 12.3 Å². The van der Waals surface area contributed by atoms with Gasteiger partial charge in [-0.1, -0.05) is 32.0 Å². The number of anilines is 1. The number of sulfone groups is 1. The van der Waals surface area contributed by atoms with Crippen molar-refractivity contribution in [1.29, 1.82) is 0 Å². The minimum atomic E-state index is -3.23. The van der Waals surface area contributed by atoms with Crippen LogP contribution in [0.5, 0.6) is 0 Å². The fraction of sp³-hybridized carbons (Fsp3) is 0.316. The molecule has 3 N–H and O–H groups in total. The van der Waals surface area contributed by atoms with Crippen LogP contribution in [0.1, 0.15) is 36.5 Å². The van der Waals surface area contributed by atoms with Gasteiger partial charge in [0, 0.05) is 11.9 Å². The lowest BCUT2D eigenvalue weighted by Crippen LogP contribution is -2.22. The second kappa shape index (κ2) is 8.31. The Morgan fingerprint density at radius 3 is 2.58 bits per heavy atom. The first-order valence-electron chi connectivity index (χ1n) is 8.26. The fourth-order valence-electron chi connectivity index (χ4n) is 2.50. The van der Waals surface area contributed by atoms with E-state index in [1.807, 2.05) is 24.3 Å². The zero-order valence-electron chi connectivity index (χ0n) is 15.2. The highest BCUT2D eigenvalue weighted by Crippen LogP contribution is 2.19. The Bertz CT molecular complexity index is 909. The molecule has 0 aliphatic heterocycles. The monoisotopic (exact) mass is 377 g/mol. The molecule has 0 saturated carbocycles. The zero-order chi connectivity index (χ0) is 19.3. The second-order valence-electron chi connectivity index (χ2n) is 6.59. The van der Waals surface area contributed by atoms with E-state index >= 15 is 0 Å². The van der Waals surface area contributed by atoms with E-state index in [1.165, 1.54) is 23.8 Å². The molecule has 5 nitrogen and oxygen atoms in total. The maximum absolute atomic E-state index is 13.5. The fourth-order valence-corrected chi connectivity index (χ4v) is 3.34. The van der Waals surface area contributed by atoms with Crippen LogP contribution in [0.15, 0.2) is 47.5 Å². The summed E-state index contributed by atoms with van der Waals surface area (Å²) >= 11 is 0. The van der Waals surface area contributed by atoms with Crippen LogP contribution in [0.3, 0.4) is 0 Å². The molecule has 2 rings (SSSR count). The third-order valence-electron chi connectivity index (χ3n) is 3.83. The van der Waals surface area contributed by atoms with Gasteiger partial charge in [0.25, 0.3) is 0 Å². The summed E-state index contributed by atoms with van der Waals surface area (Å²) in [7, 11) is -3.23. The Kier molecular flexibility index (Phi) is 6.37. The van der Waals surface area contributed by atoms with Crippen molar-refractivity contribution in [3.05, 3.63) is 65.0 Å². The van der Waals surface area contributed by atoms with E-state index in [2.05, 4.69) is 24.2 Å². The summed E-state index contributed by atoms with van der Waals surface area (Å²) in [5.74, 6) is -0.0353. The third kappa shape index (κ3) is 6.15. The number of halogens is 1. The number of nitrogens with one attached hydrogen (secondary N) is 1. The molecule has 0 unspecified atom stereocenters. The minimum Gasteiger partial charge on any atom is -0.370 e. The summed E-state index contributed by atoms with van der Waals surface area (Å²) < 4.78 is 36.6. The van der Waals surface area contributed by atoms with Gasteiger partial charge in [-0.05, 0) is 46.9 Å². The van der Waals surface area contributed by atoms with Crippen molar-refractivity contribution in [2.75, 3.05) is 11.6 Å². The van der Waals surface area contributed by atoms with Crippen molar-refractivity contribution < 1.29 is 12.8 Å². The van der Waals surface area contributed by atoms with E-state index in [4.69, 9.17) is 5.73 Å². The van der Waals surface area contributed by atoms with Crippen molar-refractivity contribution in [3.63, 3.8) is 0 Å². The molecule has 0 saturated heterocycles. The summed E-state index contributed by atoms with van der Waals surface area (Å²) in [4.78, 5) is 4.22. The summed E-state index contributed by atoms with van der Waals surface area (Å²) in [6.07, 6.45) is 1.14. The first-order valence-corrected chi connectivity index (χ1v) is 10.3. The molecular formula is C19H24FN3O2S. The molecule has 0 atom stereocenters. The lowest BCUT2D eigenvalue weighted by atomic mass is 10.0. The lowest BCUT2D eigenvalue weighted by Gasteiger charge is -2.11. The van der Waals surface area contributed by atoms with Crippen molar-refractivity contribution in [3.8, 4) is 0 Å². The predicted molar refractivity (Wildman–Crippen MR) is 104 cm³/mol. The van der Waals surface area contributed by atoms with Crippen molar-refractivity contribution >= 4 is 21.5 Å². The Hall–Kier alpha value is -2.41. The molecule has 140 valence electrons. The molecular weight excluding hydrogens is 353 g/mol. The quantitative estimate of drug-likeness (QED) is 0.597. The minimum absolute atomic E-state index is 0.0886. The van der Waals surface area contributed by atoms with Crippen LogP contribution in [0.2, 0.25) is 0 Å². The van der Waals surface area contributed by atoms with Crippen LogP contribution >= 0.6 is 0 Å². The van der Waals surface area contributed by atoms with Crippen LogP contribution < -0.4 is 11.1 Å². The highest BCUT2D eigenvalue weighted by Gasteiger charge is 2.10. The van der Waals surface area contributed by atoms with Crippen LogP contribution in [-0.4, -0.2) is 20.6 Å². The molecule has 0 aliphatic rings.